The van der Waals surface area contributed by atoms with Crippen LogP contribution in [-0.4, -0.2) is 37.9 Å². The van der Waals surface area contributed by atoms with Crippen molar-refractivity contribution in [3.8, 4) is 11.3 Å². The SMILES string of the molecule is CCC(NC(=O)c1n[nH]c2ccc(-c3cnc(C)n3C)cc12)C(F)(F)F. The highest BCUT2D eigenvalue weighted by molar-refractivity contribution is 6.05. The summed E-state index contributed by atoms with van der Waals surface area (Å²) in [7, 11) is 1.86. The van der Waals surface area contributed by atoms with Crippen molar-refractivity contribution in [2.75, 3.05) is 0 Å². The number of nitrogens with one attached hydrogen (secondary N) is 2. The zero-order chi connectivity index (χ0) is 19.1. The summed E-state index contributed by atoms with van der Waals surface area (Å²) in [6.07, 6.45) is -3.06. The fraction of sp³-hybridized carbons (Fsp3) is 0.353. The smallest absolute Gasteiger partial charge is 0.339 e. The Morgan fingerprint density at radius 1 is 1.38 bits per heavy atom. The third kappa shape index (κ3) is 3.16. The summed E-state index contributed by atoms with van der Waals surface area (Å²) in [5.41, 5.74) is 2.12. The largest absolute Gasteiger partial charge is 0.408 e. The van der Waals surface area contributed by atoms with Crippen molar-refractivity contribution < 1.29 is 18.0 Å². The quantitative estimate of drug-likeness (QED) is 0.745. The number of hydrogen-bond donors (Lipinski definition) is 2. The highest BCUT2D eigenvalue weighted by Gasteiger charge is 2.39. The number of alkyl halides is 3. The van der Waals surface area contributed by atoms with E-state index in [4.69, 9.17) is 0 Å². The van der Waals surface area contributed by atoms with Crippen molar-refractivity contribution in [1.29, 1.82) is 0 Å². The van der Waals surface area contributed by atoms with E-state index < -0.39 is 18.1 Å². The summed E-state index contributed by atoms with van der Waals surface area (Å²) in [5.74, 6) is -0.0417. The molecule has 6 nitrogen and oxygen atoms in total. The first-order valence-electron chi connectivity index (χ1n) is 8.06. The standard InChI is InChI=1S/C17H18F3N5O/c1-4-14(17(18,19)20)22-16(26)15-11-7-10(5-6-12(11)23-24-15)13-8-21-9(2)25(13)3/h5-8,14H,4H2,1-3H3,(H,22,26)(H,23,24). The summed E-state index contributed by atoms with van der Waals surface area (Å²) in [6.45, 7) is 3.23. The molecule has 1 atom stereocenters. The second-order valence-electron chi connectivity index (χ2n) is 6.06. The summed E-state index contributed by atoms with van der Waals surface area (Å²) < 4.78 is 40.6. The molecule has 0 spiro atoms. The molecule has 1 aromatic carbocycles. The Labute approximate surface area is 147 Å². The second kappa shape index (κ2) is 6.47. The lowest BCUT2D eigenvalue weighted by molar-refractivity contribution is -0.153. The molecule has 9 heteroatoms. The lowest BCUT2D eigenvalue weighted by Gasteiger charge is -2.19. The van der Waals surface area contributed by atoms with E-state index in [1.54, 1.807) is 18.3 Å². The molecule has 3 rings (SSSR count). The average molecular weight is 365 g/mol. The third-order valence-corrected chi connectivity index (χ3v) is 4.40. The van der Waals surface area contributed by atoms with Gasteiger partial charge < -0.3 is 9.88 Å². The maximum Gasteiger partial charge on any atom is 0.408 e. The number of rotatable bonds is 4. The number of H-pyrrole nitrogens is 1. The van der Waals surface area contributed by atoms with Crippen LogP contribution in [-0.2, 0) is 7.05 Å². The van der Waals surface area contributed by atoms with Crippen LogP contribution in [0.5, 0.6) is 0 Å². The average Bonchev–Trinajstić information content (AvgIpc) is 3.15. The van der Waals surface area contributed by atoms with Crippen LogP contribution in [0, 0.1) is 6.92 Å². The molecular weight excluding hydrogens is 347 g/mol. The van der Waals surface area contributed by atoms with Crippen molar-refractivity contribution in [2.24, 2.45) is 7.05 Å². The highest BCUT2D eigenvalue weighted by Crippen LogP contribution is 2.27. The van der Waals surface area contributed by atoms with E-state index in [1.807, 2.05) is 29.9 Å². The maximum absolute atomic E-state index is 12.9. The molecule has 2 aromatic heterocycles. The highest BCUT2D eigenvalue weighted by atomic mass is 19.4. The minimum atomic E-state index is -4.51. The van der Waals surface area contributed by atoms with Gasteiger partial charge >= 0.3 is 6.18 Å². The van der Waals surface area contributed by atoms with Crippen LogP contribution >= 0.6 is 0 Å². The van der Waals surface area contributed by atoms with Crippen molar-refractivity contribution >= 4 is 16.8 Å². The number of hydrogen-bond acceptors (Lipinski definition) is 3. The maximum atomic E-state index is 12.9. The molecule has 26 heavy (non-hydrogen) atoms. The number of nitrogens with zero attached hydrogens (tertiary/aromatic N) is 3. The van der Waals surface area contributed by atoms with E-state index >= 15 is 0 Å². The number of carbonyl (C=O) groups excluding carboxylic acids is 1. The topological polar surface area (TPSA) is 75.6 Å². The van der Waals surface area contributed by atoms with Gasteiger partial charge in [-0.2, -0.15) is 18.3 Å². The number of imidazole rings is 1. The fourth-order valence-electron chi connectivity index (χ4n) is 2.76. The predicted octanol–water partition coefficient (Wildman–Crippen LogP) is 3.34. The molecule has 0 radical (unpaired) electrons. The number of aromatic amines is 1. The Balaban J connectivity index is 1.98. The molecule has 138 valence electrons. The van der Waals surface area contributed by atoms with Gasteiger partial charge in [-0.25, -0.2) is 4.98 Å². The van der Waals surface area contributed by atoms with E-state index in [9.17, 15) is 18.0 Å². The molecule has 0 aliphatic rings. The van der Waals surface area contributed by atoms with E-state index in [0.29, 0.717) is 10.9 Å². The van der Waals surface area contributed by atoms with Crippen molar-refractivity contribution in [3.63, 3.8) is 0 Å². The number of benzene rings is 1. The molecule has 0 saturated heterocycles. The summed E-state index contributed by atoms with van der Waals surface area (Å²) in [6, 6.07) is 3.38. The van der Waals surface area contributed by atoms with E-state index in [-0.39, 0.29) is 12.1 Å². The molecule has 0 fully saturated rings. The van der Waals surface area contributed by atoms with Crippen molar-refractivity contribution in [2.45, 2.75) is 32.5 Å². The van der Waals surface area contributed by atoms with Crippen LogP contribution in [0.3, 0.4) is 0 Å². The van der Waals surface area contributed by atoms with Crippen molar-refractivity contribution in [1.82, 2.24) is 25.1 Å². The van der Waals surface area contributed by atoms with Crippen LogP contribution < -0.4 is 5.32 Å². The monoisotopic (exact) mass is 365 g/mol. The molecule has 1 amide bonds. The molecule has 0 bridgehead atoms. The lowest BCUT2D eigenvalue weighted by Crippen LogP contribution is -2.45. The van der Waals surface area contributed by atoms with Crippen LogP contribution in [0.25, 0.3) is 22.2 Å². The third-order valence-electron chi connectivity index (χ3n) is 4.40. The van der Waals surface area contributed by atoms with Crippen LogP contribution in [0.4, 0.5) is 13.2 Å². The number of halogens is 3. The summed E-state index contributed by atoms with van der Waals surface area (Å²) in [4.78, 5) is 16.6. The molecule has 0 aliphatic carbocycles. The first-order valence-corrected chi connectivity index (χ1v) is 8.06. The molecule has 0 aliphatic heterocycles. The van der Waals surface area contributed by atoms with Gasteiger partial charge in [0.1, 0.15) is 11.9 Å². The minimum Gasteiger partial charge on any atom is -0.339 e. The van der Waals surface area contributed by atoms with Gasteiger partial charge in [0, 0.05) is 18.0 Å². The van der Waals surface area contributed by atoms with Gasteiger partial charge in [-0.1, -0.05) is 13.0 Å². The zero-order valence-electron chi connectivity index (χ0n) is 14.5. The number of aromatic nitrogens is 4. The van der Waals surface area contributed by atoms with E-state index in [2.05, 4.69) is 15.2 Å². The molecule has 2 N–H and O–H groups in total. The summed E-state index contributed by atoms with van der Waals surface area (Å²) >= 11 is 0. The lowest BCUT2D eigenvalue weighted by atomic mass is 10.1. The first-order chi connectivity index (χ1) is 12.2. The first kappa shape index (κ1) is 18.0. The van der Waals surface area contributed by atoms with E-state index in [1.165, 1.54) is 6.92 Å². The Morgan fingerprint density at radius 2 is 2.12 bits per heavy atom. The normalized spacial score (nSPS) is 13.2. The van der Waals surface area contributed by atoms with Gasteiger partial charge in [0.25, 0.3) is 5.91 Å². The Kier molecular flexibility index (Phi) is 4.47. The summed E-state index contributed by atoms with van der Waals surface area (Å²) in [5, 5.41) is 9.05. The number of carbonyl (C=O) groups is 1. The number of amides is 1. The van der Waals surface area contributed by atoms with Gasteiger partial charge in [-0.05, 0) is 25.5 Å². The molecule has 1 unspecified atom stereocenters. The van der Waals surface area contributed by atoms with Crippen LogP contribution in [0.2, 0.25) is 0 Å². The zero-order valence-corrected chi connectivity index (χ0v) is 14.5. The fourth-order valence-corrected chi connectivity index (χ4v) is 2.76. The van der Waals surface area contributed by atoms with Crippen molar-refractivity contribution in [3.05, 3.63) is 35.9 Å². The number of aryl methyl sites for hydroxylation is 1. The van der Waals surface area contributed by atoms with Gasteiger partial charge in [0.15, 0.2) is 5.69 Å². The molecule has 0 saturated carbocycles. The van der Waals surface area contributed by atoms with E-state index in [0.717, 1.165) is 17.1 Å². The van der Waals surface area contributed by atoms with Gasteiger partial charge in [-0.15, -0.1) is 0 Å². The predicted molar refractivity (Wildman–Crippen MR) is 90.6 cm³/mol. The van der Waals surface area contributed by atoms with Crippen LogP contribution in [0.1, 0.15) is 29.7 Å². The van der Waals surface area contributed by atoms with Gasteiger partial charge in [-0.3, -0.25) is 9.89 Å². The van der Waals surface area contributed by atoms with Gasteiger partial charge in [0.05, 0.1) is 17.4 Å². The molecule has 3 aromatic rings. The van der Waals surface area contributed by atoms with Gasteiger partial charge in [0.2, 0.25) is 0 Å². The van der Waals surface area contributed by atoms with Crippen LogP contribution in [0.15, 0.2) is 24.4 Å². The Hall–Kier alpha value is -2.84. The number of fused-ring (bicyclic) bond motifs is 1. The minimum absolute atomic E-state index is 0.0663. The Morgan fingerprint density at radius 3 is 2.69 bits per heavy atom. The second-order valence-corrected chi connectivity index (χ2v) is 6.06. The Bertz CT molecular complexity index is 957. The molecular formula is C17H18F3N5O. The molecule has 2 heterocycles.